The van der Waals surface area contributed by atoms with Gasteiger partial charge in [-0.1, -0.05) is 0 Å². The molecule has 1 aromatic rings. The van der Waals surface area contributed by atoms with Crippen molar-refractivity contribution in [3.05, 3.63) is 23.8 Å². The number of halogens is 1. The van der Waals surface area contributed by atoms with Crippen molar-refractivity contribution >= 4 is 27.3 Å². The van der Waals surface area contributed by atoms with E-state index >= 15 is 0 Å². The van der Waals surface area contributed by atoms with Gasteiger partial charge in [-0.2, -0.15) is 0 Å². The smallest absolute Gasteiger partial charge is 0.232 e. The summed E-state index contributed by atoms with van der Waals surface area (Å²) in [6.45, 7) is 4.32. The molecule has 0 bridgehead atoms. The standard InChI is InChI=1S/C12H18ClNO3S/c1-3-17-11-5-6-12(10(2)9-11)14-18(15,16)8-4-7-13/h5-6,9,14H,3-4,7-8H2,1-2H3. The van der Waals surface area contributed by atoms with Crippen LogP contribution in [0.25, 0.3) is 0 Å². The molecule has 1 aromatic carbocycles. The summed E-state index contributed by atoms with van der Waals surface area (Å²) in [6, 6.07) is 5.26. The molecule has 18 heavy (non-hydrogen) atoms. The highest BCUT2D eigenvalue weighted by Crippen LogP contribution is 2.22. The minimum Gasteiger partial charge on any atom is -0.494 e. The first-order chi connectivity index (χ1) is 8.48. The third kappa shape index (κ3) is 4.74. The lowest BCUT2D eigenvalue weighted by atomic mass is 10.2. The fourth-order valence-corrected chi connectivity index (χ4v) is 2.95. The summed E-state index contributed by atoms with van der Waals surface area (Å²) in [5.74, 6) is 1.10. The molecular weight excluding hydrogens is 274 g/mol. The number of aryl methyl sites for hydroxylation is 1. The quantitative estimate of drug-likeness (QED) is 0.786. The summed E-state index contributed by atoms with van der Waals surface area (Å²) < 4.78 is 31.3. The largest absolute Gasteiger partial charge is 0.494 e. The Bertz CT molecular complexity index is 488. The molecule has 0 aliphatic carbocycles. The maximum absolute atomic E-state index is 11.7. The van der Waals surface area contributed by atoms with Gasteiger partial charge in [-0.15, -0.1) is 11.6 Å². The Labute approximate surface area is 113 Å². The molecule has 0 amide bonds. The highest BCUT2D eigenvalue weighted by molar-refractivity contribution is 7.92. The van der Waals surface area contributed by atoms with E-state index in [0.29, 0.717) is 24.6 Å². The Morgan fingerprint density at radius 1 is 1.39 bits per heavy atom. The van der Waals surface area contributed by atoms with E-state index in [1.165, 1.54) is 0 Å². The number of sulfonamides is 1. The molecule has 0 atom stereocenters. The van der Waals surface area contributed by atoms with Gasteiger partial charge < -0.3 is 4.74 Å². The zero-order chi connectivity index (χ0) is 13.6. The zero-order valence-corrected chi connectivity index (χ0v) is 12.1. The van der Waals surface area contributed by atoms with Gasteiger partial charge in [-0.25, -0.2) is 8.42 Å². The number of rotatable bonds is 7. The van der Waals surface area contributed by atoms with Crippen molar-refractivity contribution in [2.45, 2.75) is 20.3 Å². The number of anilines is 1. The Morgan fingerprint density at radius 3 is 2.67 bits per heavy atom. The Hall–Kier alpha value is -0.940. The first-order valence-corrected chi connectivity index (χ1v) is 7.97. The fraction of sp³-hybridized carbons (Fsp3) is 0.500. The molecule has 6 heteroatoms. The normalized spacial score (nSPS) is 11.3. The van der Waals surface area contributed by atoms with E-state index in [1.54, 1.807) is 12.1 Å². The van der Waals surface area contributed by atoms with E-state index in [-0.39, 0.29) is 5.75 Å². The molecule has 102 valence electrons. The molecule has 0 aliphatic heterocycles. The van der Waals surface area contributed by atoms with Gasteiger partial charge in [0, 0.05) is 5.88 Å². The topological polar surface area (TPSA) is 55.4 Å². The monoisotopic (exact) mass is 291 g/mol. The number of nitrogens with one attached hydrogen (secondary N) is 1. The van der Waals surface area contributed by atoms with Crippen LogP contribution >= 0.6 is 11.6 Å². The predicted octanol–water partition coefficient (Wildman–Crippen LogP) is 2.76. The van der Waals surface area contributed by atoms with Gasteiger partial charge in [0.2, 0.25) is 10.0 Å². The van der Waals surface area contributed by atoms with Gasteiger partial charge in [0.05, 0.1) is 18.0 Å². The van der Waals surface area contributed by atoms with Crippen molar-refractivity contribution in [2.75, 3.05) is 23.0 Å². The lowest BCUT2D eigenvalue weighted by Crippen LogP contribution is -2.17. The predicted molar refractivity (Wildman–Crippen MR) is 75.1 cm³/mol. The molecule has 0 saturated heterocycles. The van der Waals surface area contributed by atoms with E-state index in [2.05, 4.69) is 4.72 Å². The van der Waals surface area contributed by atoms with Gasteiger partial charge in [0.1, 0.15) is 5.75 Å². The van der Waals surface area contributed by atoms with Gasteiger partial charge in [-0.05, 0) is 44.0 Å². The van der Waals surface area contributed by atoms with Crippen LogP contribution in [0.1, 0.15) is 18.9 Å². The van der Waals surface area contributed by atoms with E-state index in [1.807, 2.05) is 19.9 Å². The number of alkyl halides is 1. The van der Waals surface area contributed by atoms with E-state index < -0.39 is 10.0 Å². The maximum Gasteiger partial charge on any atom is 0.232 e. The fourth-order valence-electron chi connectivity index (χ4n) is 1.47. The van der Waals surface area contributed by atoms with Crippen molar-refractivity contribution in [2.24, 2.45) is 0 Å². The maximum atomic E-state index is 11.7. The van der Waals surface area contributed by atoms with Gasteiger partial charge >= 0.3 is 0 Å². The van der Waals surface area contributed by atoms with Crippen LogP contribution in [0.15, 0.2) is 18.2 Å². The first-order valence-electron chi connectivity index (χ1n) is 5.78. The molecule has 0 heterocycles. The molecule has 0 spiro atoms. The summed E-state index contributed by atoms with van der Waals surface area (Å²) >= 11 is 5.49. The molecule has 0 saturated carbocycles. The molecule has 0 aliphatic rings. The van der Waals surface area contributed by atoms with Crippen LogP contribution in [-0.2, 0) is 10.0 Å². The Balaban J connectivity index is 2.79. The highest BCUT2D eigenvalue weighted by Gasteiger charge is 2.11. The van der Waals surface area contributed by atoms with Crippen LogP contribution in [0.2, 0.25) is 0 Å². The molecule has 4 nitrogen and oxygen atoms in total. The van der Waals surface area contributed by atoms with Gasteiger partial charge in [0.25, 0.3) is 0 Å². The SMILES string of the molecule is CCOc1ccc(NS(=O)(=O)CCCCl)c(C)c1. The first kappa shape index (κ1) is 15.1. The minimum absolute atomic E-state index is 0.0309. The van der Waals surface area contributed by atoms with Crippen molar-refractivity contribution in [3.8, 4) is 5.75 Å². The second-order valence-corrected chi connectivity index (χ2v) is 6.09. The van der Waals surface area contributed by atoms with Crippen molar-refractivity contribution in [1.29, 1.82) is 0 Å². The summed E-state index contributed by atoms with van der Waals surface area (Å²) in [7, 11) is -3.32. The second-order valence-electron chi connectivity index (χ2n) is 3.87. The second kappa shape index (κ2) is 6.85. The van der Waals surface area contributed by atoms with Gasteiger partial charge in [0.15, 0.2) is 0 Å². The third-order valence-corrected chi connectivity index (χ3v) is 3.95. The summed E-state index contributed by atoms with van der Waals surface area (Å²) in [5.41, 5.74) is 1.41. The molecular formula is C12H18ClNO3S. The van der Waals surface area contributed by atoms with Crippen molar-refractivity contribution < 1.29 is 13.2 Å². The lowest BCUT2D eigenvalue weighted by molar-refractivity contribution is 0.340. The summed E-state index contributed by atoms with van der Waals surface area (Å²) in [6.07, 6.45) is 0.437. The van der Waals surface area contributed by atoms with E-state index in [4.69, 9.17) is 16.3 Å². The van der Waals surface area contributed by atoms with E-state index in [9.17, 15) is 8.42 Å². The molecule has 1 rings (SSSR count). The average Bonchev–Trinajstić information content (AvgIpc) is 2.30. The molecule has 1 N–H and O–H groups in total. The van der Waals surface area contributed by atoms with Crippen LogP contribution in [0.4, 0.5) is 5.69 Å². The molecule has 0 fully saturated rings. The molecule has 0 aromatic heterocycles. The zero-order valence-electron chi connectivity index (χ0n) is 10.6. The van der Waals surface area contributed by atoms with Crippen molar-refractivity contribution in [1.82, 2.24) is 0 Å². The number of hydrogen-bond acceptors (Lipinski definition) is 3. The highest BCUT2D eigenvalue weighted by atomic mass is 35.5. The van der Waals surface area contributed by atoms with Crippen LogP contribution in [0.5, 0.6) is 5.75 Å². The van der Waals surface area contributed by atoms with E-state index in [0.717, 1.165) is 11.3 Å². The van der Waals surface area contributed by atoms with Gasteiger partial charge in [-0.3, -0.25) is 4.72 Å². The molecule has 0 radical (unpaired) electrons. The number of benzene rings is 1. The Morgan fingerprint density at radius 2 is 2.11 bits per heavy atom. The Kier molecular flexibility index (Phi) is 5.75. The average molecular weight is 292 g/mol. The molecule has 0 unspecified atom stereocenters. The number of hydrogen-bond donors (Lipinski definition) is 1. The van der Waals surface area contributed by atoms with Crippen LogP contribution in [0, 0.1) is 6.92 Å². The van der Waals surface area contributed by atoms with Crippen LogP contribution in [-0.4, -0.2) is 26.7 Å². The van der Waals surface area contributed by atoms with Crippen molar-refractivity contribution in [3.63, 3.8) is 0 Å². The minimum atomic E-state index is -3.32. The summed E-state index contributed by atoms with van der Waals surface area (Å²) in [4.78, 5) is 0. The van der Waals surface area contributed by atoms with Crippen LogP contribution < -0.4 is 9.46 Å². The lowest BCUT2D eigenvalue weighted by Gasteiger charge is -2.11. The summed E-state index contributed by atoms with van der Waals surface area (Å²) in [5, 5.41) is 0. The van der Waals surface area contributed by atoms with Crippen LogP contribution in [0.3, 0.4) is 0 Å². The number of ether oxygens (including phenoxy) is 1. The third-order valence-electron chi connectivity index (χ3n) is 2.32.